The Bertz CT molecular complexity index is 276. The molecular weight excluding hydrogens is 236 g/mol. The average Bonchev–Trinajstić information content (AvgIpc) is 2.46. The largest absolute Gasteiger partial charge is 0.342 e. The predicted octanol–water partition coefficient (Wildman–Crippen LogP) is 2.66. The zero-order valence-electron chi connectivity index (χ0n) is 12.7. The third-order valence-electron chi connectivity index (χ3n) is 5.09. The van der Waals surface area contributed by atoms with E-state index in [-0.39, 0.29) is 0 Å². The molecule has 1 aliphatic heterocycles. The van der Waals surface area contributed by atoms with E-state index in [0.717, 1.165) is 44.3 Å². The first-order valence-corrected chi connectivity index (χ1v) is 8.14. The Morgan fingerprint density at radius 2 is 1.74 bits per heavy atom. The van der Waals surface area contributed by atoms with Gasteiger partial charge in [-0.1, -0.05) is 6.92 Å². The Balaban J connectivity index is 1.73. The summed E-state index contributed by atoms with van der Waals surface area (Å²) in [6.45, 7) is 5.42. The number of piperidine rings is 1. The Labute approximate surface area is 118 Å². The van der Waals surface area contributed by atoms with Crippen LogP contribution in [-0.2, 0) is 4.79 Å². The van der Waals surface area contributed by atoms with Crippen LogP contribution in [0.25, 0.3) is 0 Å². The molecule has 1 aliphatic carbocycles. The Hall–Kier alpha value is -0.570. The van der Waals surface area contributed by atoms with Crippen molar-refractivity contribution in [2.75, 3.05) is 26.7 Å². The molecule has 0 aromatic rings. The Morgan fingerprint density at radius 3 is 2.32 bits per heavy atom. The van der Waals surface area contributed by atoms with Crippen molar-refractivity contribution in [3.63, 3.8) is 0 Å². The van der Waals surface area contributed by atoms with Crippen molar-refractivity contribution in [1.29, 1.82) is 0 Å². The number of nitrogens with one attached hydrogen (secondary N) is 1. The minimum atomic E-state index is 0.338. The first-order valence-electron chi connectivity index (χ1n) is 8.14. The minimum Gasteiger partial charge on any atom is -0.342 e. The number of rotatable bonds is 4. The molecule has 2 rings (SSSR count). The summed E-state index contributed by atoms with van der Waals surface area (Å²) >= 11 is 0. The van der Waals surface area contributed by atoms with Crippen molar-refractivity contribution in [3.8, 4) is 0 Å². The lowest BCUT2D eigenvalue weighted by atomic mass is 9.82. The van der Waals surface area contributed by atoms with Gasteiger partial charge >= 0.3 is 0 Å². The van der Waals surface area contributed by atoms with Gasteiger partial charge in [0, 0.05) is 19.0 Å². The van der Waals surface area contributed by atoms with Crippen LogP contribution in [0.1, 0.15) is 51.9 Å². The summed E-state index contributed by atoms with van der Waals surface area (Å²) in [5, 5.41) is 3.22. The average molecular weight is 266 g/mol. The fourth-order valence-electron chi connectivity index (χ4n) is 3.56. The smallest absolute Gasteiger partial charge is 0.225 e. The molecule has 2 fully saturated rings. The number of carbonyl (C=O) groups is 1. The van der Waals surface area contributed by atoms with E-state index in [0.29, 0.717) is 11.8 Å². The standard InChI is InChI=1S/C16H30N2O/c1-13-3-5-15(6-4-13)16(19)18-11-8-14(9-12-18)7-10-17-2/h13-15,17H,3-12H2,1-2H3. The first kappa shape index (κ1) is 14.8. The number of hydrogen-bond donors (Lipinski definition) is 1. The number of amides is 1. The highest BCUT2D eigenvalue weighted by Crippen LogP contribution is 2.31. The second-order valence-corrected chi connectivity index (χ2v) is 6.62. The minimum absolute atomic E-state index is 0.338. The van der Waals surface area contributed by atoms with E-state index in [1.54, 1.807) is 0 Å². The molecule has 1 amide bonds. The molecule has 1 saturated heterocycles. The first-order chi connectivity index (χ1) is 9.20. The summed E-state index contributed by atoms with van der Waals surface area (Å²) in [5.74, 6) is 2.45. The summed E-state index contributed by atoms with van der Waals surface area (Å²) in [6, 6.07) is 0. The molecule has 1 N–H and O–H groups in total. The van der Waals surface area contributed by atoms with Gasteiger partial charge in [0.05, 0.1) is 0 Å². The lowest BCUT2D eigenvalue weighted by Gasteiger charge is -2.36. The normalized spacial score (nSPS) is 29.5. The van der Waals surface area contributed by atoms with Crippen molar-refractivity contribution in [2.45, 2.75) is 51.9 Å². The molecule has 0 aromatic carbocycles. The van der Waals surface area contributed by atoms with E-state index in [1.165, 1.54) is 32.1 Å². The van der Waals surface area contributed by atoms with Crippen molar-refractivity contribution >= 4 is 5.91 Å². The number of likely N-dealkylation sites (tertiary alicyclic amines) is 1. The molecular formula is C16H30N2O. The van der Waals surface area contributed by atoms with Gasteiger partial charge in [-0.25, -0.2) is 0 Å². The van der Waals surface area contributed by atoms with E-state index in [9.17, 15) is 4.79 Å². The van der Waals surface area contributed by atoms with Crippen LogP contribution in [0.5, 0.6) is 0 Å². The summed E-state index contributed by atoms with van der Waals surface area (Å²) in [4.78, 5) is 14.6. The van der Waals surface area contributed by atoms with E-state index in [2.05, 4.69) is 17.1 Å². The molecule has 110 valence electrons. The van der Waals surface area contributed by atoms with E-state index in [1.807, 2.05) is 7.05 Å². The fourth-order valence-corrected chi connectivity index (χ4v) is 3.56. The second kappa shape index (κ2) is 7.28. The predicted molar refractivity (Wildman–Crippen MR) is 79.0 cm³/mol. The summed E-state index contributed by atoms with van der Waals surface area (Å²) < 4.78 is 0. The Kier molecular flexibility index (Phi) is 5.68. The maximum atomic E-state index is 12.5. The molecule has 1 saturated carbocycles. The van der Waals surface area contributed by atoms with Crippen LogP contribution in [0.4, 0.5) is 0 Å². The molecule has 3 nitrogen and oxygen atoms in total. The van der Waals surface area contributed by atoms with Gasteiger partial charge < -0.3 is 10.2 Å². The van der Waals surface area contributed by atoms with Crippen molar-refractivity contribution < 1.29 is 4.79 Å². The quantitative estimate of drug-likeness (QED) is 0.848. The molecule has 0 bridgehead atoms. The van der Waals surface area contributed by atoms with Crippen LogP contribution in [0.2, 0.25) is 0 Å². The fraction of sp³-hybridized carbons (Fsp3) is 0.938. The zero-order chi connectivity index (χ0) is 13.7. The third kappa shape index (κ3) is 4.20. The maximum absolute atomic E-state index is 12.5. The maximum Gasteiger partial charge on any atom is 0.225 e. The Morgan fingerprint density at radius 1 is 1.11 bits per heavy atom. The lowest BCUT2D eigenvalue weighted by Crippen LogP contribution is -2.42. The number of carbonyl (C=O) groups excluding carboxylic acids is 1. The van der Waals surface area contributed by atoms with Crippen molar-refractivity contribution in [3.05, 3.63) is 0 Å². The van der Waals surface area contributed by atoms with Gasteiger partial charge in [0.2, 0.25) is 5.91 Å². The van der Waals surface area contributed by atoms with Crippen LogP contribution in [0, 0.1) is 17.8 Å². The van der Waals surface area contributed by atoms with Crippen LogP contribution in [0.15, 0.2) is 0 Å². The third-order valence-corrected chi connectivity index (χ3v) is 5.09. The summed E-state index contributed by atoms with van der Waals surface area (Å²) in [6.07, 6.45) is 8.41. The van der Waals surface area contributed by atoms with Gasteiger partial charge in [0.15, 0.2) is 0 Å². The van der Waals surface area contributed by atoms with Crippen molar-refractivity contribution in [1.82, 2.24) is 10.2 Å². The lowest BCUT2D eigenvalue weighted by molar-refractivity contribution is -0.138. The molecule has 0 unspecified atom stereocenters. The molecule has 0 aromatic heterocycles. The van der Waals surface area contributed by atoms with Crippen LogP contribution < -0.4 is 5.32 Å². The molecule has 0 atom stereocenters. The molecule has 19 heavy (non-hydrogen) atoms. The molecule has 0 radical (unpaired) electrons. The van der Waals surface area contributed by atoms with Gasteiger partial charge in [0.25, 0.3) is 0 Å². The number of hydrogen-bond acceptors (Lipinski definition) is 2. The van der Waals surface area contributed by atoms with Gasteiger partial charge in [-0.3, -0.25) is 4.79 Å². The highest BCUT2D eigenvalue weighted by atomic mass is 16.2. The molecule has 0 spiro atoms. The SMILES string of the molecule is CNCCC1CCN(C(=O)C2CCC(C)CC2)CC1. The highest BCUT2D eigenvalue weighted by Gasteiger charge is 2.30. The van der Waals surface area contributed by atoms with Crippen LogP contribution >= 0.6 is 0 Å². The topological polar surface area (TPSA) is 32.3 Å². The zero-order valence-corrected chi connectivity index (χ0v) is 12.7. The monoisotopic (exact) mass is 266 g/mol. The number of nitrogens with zero attached hydrogens (tertiary/aromatic N) is 1. The van der Waals surface area contributed by atoms with Gasteiger partial charge in [-0.05, 0) is 70.4 Å². The highest BCUT2D eigenvalue weighted by molar-refractivity contribution is 5.79. The van der Waals surface area contributed by atoms with E-state index >= 15 is 0 Å². The van der Waals surface area contributed by atoms with Gasteiger partial charge in [-0.15, -0.1) is 0 Å². The summed E-state index contributed by atoms with van der Waals surface area (Å²) in [7, 11) is 2.02. The van der Waals surface area contributed by atoms with Crippen LogP contribution in [0.3, 0.4) is 0 Å². The molecule has 2 aliphatic rings. The van der Waals surface area contributed by atoms with Crippen LogP contribution in [-0.4, -0.2) is 37.5 Å². The molecule has 3 heteroatoms. The van der Waals surface area contributed by atoms with E-state index in [4.69, 9.17) is 0 Å². The van der Waals surface area contributed by atoms with Crippen molar-refractivity contribution in [2.24, 2.45) is 17.8 Å². The van der Waals surface area contributed by atoms with E-state index < -0.39 is 0 Å². The summed E-state index contributed by atoms with van der Waals surface area (Å²) in [5.41, 5.74) is 0. The molecule has 1 heterocycles. The second-order valence-electron chi connectivity index (χ2n) is 6.62. The van der Waals surface area contributed by atoms with Gasteiger partial charge in [0.1, 0.15) is 0 Å². The van der Waals surface area contributed by atoms with Gasteiger partial charge in [-0.2, -0.15) is 0 Å².